The molecule has 16 rings (SSSR count). The highest BCUT2D eigenvalue weighted by Crippen LogP contribution is 2.48. The number of carboxylic acid groups (broad SMARTS) is 3. The lowest BCUT2D eigenvalue weighted by Gasteiger charge is -2.16. The van der Waals surface area contributed by atoms with Gasteiger partial charge in [-0.1, -0.05) is 206 Å². The maximum Gasteiger partial charge on any atom is 0.518 e. The molecule has 0 bridgehead atoms. The summed E-state index contributed by atoms with van der Waals surface area (Å²) < 4.78 is 119. The zero-order valence-electron chi connectivity index (χ0n) is 67.2. The quantitative estimate of drug-likeness (QED) is 0.0186. The second-order valence-corrected chi connectivity index (χ2v) is 44.3. The monoisotopic (exact) mass is 2620 g/mol. The number of nitrogens with zero attached hydrogens (tertiary/aromatic N) is 1. The van der Waals surface area contributed by atoms with E-state index in [9.17, 15) is 74.0 Å². The van der Waals surface area contributed by atoms with Gasteiger partial charge in [-0.25, -0.2) is 17.6 Å². The number of thiophene rings is 1. The van der Waals surface area contributed by atoms with Crippen molar-refractivity contribution in [1.29, 1.82) is 0 Å². The zero-order chi connectivity index (χ0) is 93.7. The second kappa shape index (κ2) is 50.6. The van der Waals surface area contributed by atoms with Crippen molar-refractivity contribution in [2.75, 3.05) is 5.73 Å². The number of fused-ring (bicyclic) bond motifs is 3. The van der Waals surface area contributed by atoms with E-state index in [1.807, 2.05) is 96.4 Å². The number of sulfonamides is 1. The third kappa shape index (κ3) is 29.4. The summed E-state index contributed by atoms with van der Waals surface area (Å²) in [6.45, 7) is 2.31. The molecule has 12 nitrogen and oxygen atoms in total. The van der Waals surface area contributed by atoms with Gasteiger partial charge in [0.2, 0.25) is 0 Å². The fraction of sp³-hybridized carbons (Fsp3) is 0.0408. The number of aliphatic carboxylic acids is 1. The fourth-order valence-electron chi connectivity index (χ4n) is 11.4. The number of aliphatic hydroxyl groups is 1. The molecule has 0 spiro atoms. The second-order valence-electron chi connectivity index (χ2n) is 26.7. The minimum atomic E-state index is -5.82. The number of carboxylic acids is 3. The Morgan fingerprint density at radius 1 is 0.364 bits per heavy atom. The Bertz CT molecular complexity index is 5900. The van der Waals surface area contributed by atoms with Crippen molar-refractivity contribution in [3.8, 4) is 4.90 Å². The number of halogens is 14. The maximum absolute atomic E-state index is 12.7. The van der Waals surface area contributed by atoms with E-state index in [2.05, 4.69) is 407 Å². The first-order valence-electron chi connectivity index (χ1n) is 37.7. The highest BCUT2D eigenvalue weighted by Gasteiger charge is 2.46. The number of hydrogen-bond donors (Lipinski definition) is 2. The largest absolute Gasteiger partial charge is 0.858 e. The first-order valence-corrected chi connectivity index (χ1v) is 51.6. The summed E-state index contributed by atoms with van der Waals surface area (Å²) in [5.74, 6) is -14.4. The van der Waals surface area contributed by atoms with Gasteiger partial charge < -0.3 is 45.6 Å². The Morgan fingerprint density at radius 3 is 0.853 bits per heavy atom. The number of carbonyl (C=O) groups is 3. The van der Waals surface area contributed by atoms with Crippen LogP contribution in [0.5, 0.6) is 0 Å². The molecule has 0 radical (unpaired) electrons. The van der Waals surface area contributed by atoms with Crippen molar-refractivity contribution in [2.45, 2.75) is 69.0 Å². The lowest BCUT2D eigenvalue weighted by Crippen LogP contribution is -2.43. The number of benzene rings is 15. The van der Waals surface area contributed by atoms with Crippen LogP contribution in [-0.4, -0.2) is 48.4 Å². The molecule has 129 heavy (non-hydrogen) atoms. The number of rotatable bonds is 15. The van der Waals surface area contributed by atoms with Crippen molar-refractivity contribution in [3.63, 3.8) is 0 Å². The summed E-state index contributed by atoms with van der Waals surface area (Å²) in [5.41, 5.74) is -5.76. The highest BCUT2D eigenvalue weighted by atomic mass is 127. The van der Waals surface area contributed by atoms with E-state index in [-0.39, 0.29) is 48.7 Å². The average Bonchev–Trinajstić information content (AvgIpc) is 1.58. The summed E-state index contributed by atoms with van der Waals surface area (Å²) in [6.07, 6.45) is 0. The van der Waals surface area contributed by atoms with Crippen molar-refractivity contribution < 1.29 is 79.1 Å². The van der Waals surface area contributed by atoms with Crippen LogP contribution in [0.3, 0.4) is 0 Å². The number of nitrogen functional groups attached to an aromatic ring is 1. The van der Waals surface area contributed by atoms with Crippen molar-refractivity contribution in [2.24, 2.45) is 4.40 Å². The van der Waals surface area contributed by atoms with Crippen LogP contribution >= 0.6 is 169 Å². The van der Waals surface area contributed by atoms with E-state index >= 15 is 0 Å². The zero-order valence-corrected chi connectivity index (χ0v) is 86.4. The minimum Gasteiger partial charge on any atom is -0.858 e. The molecule has 15 aromatic carbocycles. The summed E-state index contributed by atoms with van der Waals surface area (Å²) in [7, 11) is -5.80. The van der Waals surface area contributed by atoms with Gasteiger partial charge in [-0.05, 0) is 336 Å². The van der Waals surface area contributed by atoms with Crippen molar-refractivity contribution in [1.82, 2.24) is 0 Å². The molecule has 0 aliphatic heterocycles. The van der Waals surface area contributed by atoms with Gasteiger partial charge in [-0.3, -0.25) is 0 Å². The van der Waals surface area contributed by atoms with Crippen LogP contribution in [0.15, 0.2) is 419 Å². The summed E-state index contributed by atoms with van der Waals surface area (Å²) in [6, 6.07) is 130. The van der Waals surface area contributed by atoms with Crippen LogP contribution in [0, 0.1) is 48.3 Å². The number of hydrogen-bond acceptors (Lipinski definition) is 11. The Labute approximate surface area is 848 Å². The summed E-state index contributed by atoms with van der Waals surface area (Å²) in [5, 5.41) is 53.4. The molecule has 1 aromatic heterocycles. The maximum atomic E-state index is 12.7. The lowest BCUT2D eigenvalue weighted by molar-refractivity contribution is -0.322. The van der Waals surface area contributed by atoms with E-state index < -0.39 is 79.5 Å². The molecule has 1 heterocycles. The van der Waals surface area contributed by atoms with E-state index in [4.69, 9.17) is 5.11 Å². The minimum absolute atomic E-state index is 0.0146. The highest BCUT2D eigenvalue weighted by molar-refractivity contribution is 14.1. The number of carbonyl (C=O) groups excluding carboxylic acids is 3. The van der Waals surface area contributed by atoms with Crippen LogP contribution in [-0.2, 0) is 47.5 Å². The van der Waals surface area contributed by atoms with Crippen LogP contribution in [0.4, 0.5) is 36.4 Å². The van der Waals surface area contributed by atoms with Gasteiger partial charge in [0, 0.05) is 63.3 Å². The van der Waals surface area contributed by atoms with Gasteiger partial charge in [0.15, 0.2) is 81.6 Å². The predicted octanol–water partition coefficient (Wildman–Crippen LogP) is 23.7. The van der Waals surface area contributed by atoms with Crippen molar-refractivity contribution >= 4 is 261 Å². The molecule has 0 saturated heterocycles. The average molecular weight is 2620 g/mol. The topological polar surface area (TPSA) is 236 Å². The predicted molar refractivity (Wildman–Crippen MR) is 554 cm³/mol. The molecule has 0 saturated carbocycles. The van der Waals surface area contributed by atoms with E-state index in [0.29, 0.717) is 16.3 Å². The molecule has 0 unspecified atom stereocenters. The molecule has 3 N–H and O–H groups in total. The van der Waals surface area contributed by atoms with Gasteiger partial charge >= 0.3 is 15.5 Å². The van der Waals surface area contributed by atoms with E-state index in [1.165, 1.54) is 75.2 Å². The SMILES string of the molecule is CC(C)(O)C(=O)[O-].Nc1c(F)c(F)c(C(=O)[O-])c(F)c1F.O=C([O-])c1c(I)c(I)cc(I)c1I.O=S(=O)(N=C([O-])c1cc(I)cc(I)c1I)C(F)(F)F.c1ccc(-[s+]2c3ccccc3c3ccccc32)cc1.c1ccc([S+](c2ccccc2)c2ccccc2)cc1.c1ccc([S+](c2ccccc2)c2ccccc2)cc1.c1ccc([S+](c2ccccc2)c2ccccc2)cc1. The number of nitrogens with two attached hydrogens (primary N) is 1. The Kier molecular flexibility index (Phi) is 41.0. The third-order valence-electron chi connectivity index (χ3n) is 17.3. The van der Waals surface area contributed by atoms with Gasteiger partial charge in [0.05, 0.1) is 61.8 Å². The fourth-order valence-corrected chi connectivity index (χ4v) is 26.5. The van der Waals surface area contributed by atoms with E-state index in [1.54, 1.807) is 28.7 Å². The number of alkyl halides is 3. The first kappa shape index (κ1) is 104. The van der Waals surface area contributed by atoms with Crippen molar-refractivity contribution in [3.05, 3.63) is 435 Å². The Balaban J connectivity index is 0.000000168. The molecule has 31 heteroatoms. The van der Waals surface area contributed by atoms with Gasteiger partial charge in [-0.2, -0.15) is 26.0 Å². The molecule has 0 amide bonds. The normalized spacial score (nSPS) is 11.1. The molecule has 0 aliphatic carbocycles. The van der Waals surface area contributed by atoms with Crippen LogP contribution < -0.4 is 26.2 Å². The Hall–Kier alpha value is -8.22. The van der Waals surface area contributed by atoms with Crippen LogP contribution in [0.1, 0.15) is 40.1 Å². The number of aromatic carboxylic acids is 2. The van der Waals surface area contributed by atoms with Gasteiger partial charge in [-0.15, -0.1) is 0 Å². The standard InChI is InChI=1S/C18H13S.3C18H15S.C8H3F3I3NO3S.C7H3F4NO2.C7H2I4O2.C4H8O3/c1-2-8-14(9-3-1)19-17-12-6-4-10-15(17)16-11-5-7-13-18(16)19;3*1-4-10-16(11-5-1)19(17-12-6-2-7-13-17)18-14-8-3-9-15-18;9-8(10,11)19(17,18)15-7(16)4-1-3(12)2-5(13)6(4)14;8-2-1(7(13)14)3(9)5(11)6(12)4(2)10;8-2-1-3(9)6(11)4(5(2)10)7(12)13;1-4(2,7)3(5)6/h1-13H;3*1-15H;1-2H,(H,15,16);12H2,(H,13,14);1H,(H,12,13);7H,1-2H3,(H,5,6)/q4*+1;;;;/p-4. The smallest absolute Gasteiger partial charge is 0.518 e. The molecule has 0 aliphatic rings. The first-order chi connectivity index (χ1) is 61.5. The van der Waals surface area contributed by atoms with E-state index in [0.717, 1.165) is 28.1 Å². The van der Waals surface area contributed by atoms with Gasteiger partial charge in [0.1, 0.15) is 5.69 Å². The van der Waals surface area contributed by atoms with Crippen LogP contribution in [0.25, 0.3) is 25.1 Å². The molecule has 16 aromatic rings. The molecule has 660 valence electrons. The molecule has 0 atom stereocenters. The third-order valence-corrected chi connectivity index (χ3v) is 37.0. The molecular formula is C98H70F7I7N2O10S5. The van der Waals surface area contributed by atoms with Gasteiger partial charge in [0.25, 0.3) is 0 Å². The summed E-state index contributed by atoms with van der Waals surface area (Å²) in [4.78, 5) is 44.2. The Morgan fingerprint density at radius 2 is 0.605 bits per heavy atom. The lowest BCUT2D eigenvalue weighted by atomic mass is 10.1. The molecule has 0 fully saturated rings. The van der Waals surface area contributed by atoms with Crippen LogP contribution in [0.2, 0.25) is 0 Å². The number of anilines is 1. The molecular weight excluding hydrogens is 2550 g/mol. The summed E-state index contributed by atoms with van der Waals surface area (Å²) >= 11 is 13.8.